The molecule has 1 saturated heterocycles. The van der Waals surface area contributed by atoms with Crippen molar-refractivity contribution in [1.82, 2.24) is 19.8 Å². The van der Waals surface area contributed by atoms with Crippen LogP contribution in [0.1, 0.15) is 11.4 Å². The molecule has 6 rings (SSSR count). The summed E-state index contributed by atoms with van der Waals surface area (Å²) in [6.07, 6.45) is 1.83. The lowest BCUT2D eigenvalue weighted by molar-refractivity contribution is -0.130. The lowest BCUT2D eigenvalue weighted by Crippen LogP contribution is -2.43. The van der Waals surface area contributed by atoms with Crippen LogP contribution < -0.4 is 0 Å². The number of piperazine rings is 1. The molecular formula is C26H23N5O2. The number of hydrogen-bond donors (Lipinski definition) is 1. The maximum Gasteiger partial charge on any atom is 0.365 e. The number of nitrogens with zero attached hydrogens (tertiary/aromatic N) is 4. The zero-order valence-corrected chi connectivity index (χ0v) is 18.1. The van der Waals surface area contributed by atoms with Crippen molar-refractivity contribution in [1.29, 1.82) is 0 Å². The number of ether oxygens (including phenoxy) is 1. The van der Waals surface area contributed by atoms with Gasteiger partial charge in [0.1, 0.15) is 5.82 Å². The number of aliphatic imine (C=N–C) groups is 1. The van der Waals surface area contributed by atoms with Gasteiger partial charge in [-0.05, 0) is 29.0 Å². The number of aromatic amines is 1. The van der Waals surface area contributed by atoms with Crippen LogP contribution in [0.4, 0.5) is 0 Å². The minimum atomic E-state index is -0.400. The molecular weight excluding hydrogens is 414 g/mol. The maximum atomic E-state index is 12.5. The molecule has 0 saturated carbocycles. The second-order valence-electron chi connectivity index (χ2n) is 8.36. The Bertz CT molecular complexity index is 1370. The van der Waals surface area contributed by atoms with E-state index >= 15 is 0 Å². The van der Waals surface area contributed by atoms with Crippen molar-refractivity contribution in [3.8, 4) is 0 Å². The third-order valence-corrected chi connectivity index (χ3v) is 6.16. The third kappa shape index (κ3) is 3.87. The Labute approximate surface area is 191 Å². The minimum Gasteiger partial charge on any atom is -0.402 e. The van der Waals surface area contributed by atoms with Gasteiger partial charge in [0.2, 0.25) is 5.90 Å². The van der Waals surface area contributed by atoms with E-state index in [1.165, 1.54) is 0 Å². The van der Waals surface area contributed by atoms with E-state index < -0.39 is 5.97 Å². The van der Waals surface area contributed by atoms with Gasteiger partial charge in [-0.3, -0.25) is 4.90 Å². The zero-order chi connectivity index (χ0) is 22.2. The Morgan fingerprint density at radius 1 is 0.939 bits per heavy atom. The smallest absolute Gasteiger partial charge is 0.365 e. The Morgan fingerprint density at radius 3 is 2.61 bits per heavy atom. The van der Waals surface area contributed by atoms with Crippen molar-refractivity contribution in [3.63, 3.8) is 0 Å². The van der Waals surface area contributed by atoms with E-state index in [-0.39, 0.29) is 0 Å². The van der Waals surface area contributed by atoms with E-state index in [0.29, 0.717) is 11.6 Å². The number of carbonyl (C=O) groups excluding carboxylic acids is 1. The Morgan fingerprint density at radius 2 is 1.73 bits per heavy atom. The highest BCUT2D eigenvalue weighted by molar-refractivity contribution is 6.16. The number of nitrogens with one attached hydrogen (secondary N) is 1. The molecule has 3 heterocycles. The van der Waals surface area contributed by atoms with E-state index in [9.17, 15) is 4.79 Å². The molecule has 0 radical (unpaired) electrons. The van der Waals surface area contributed by atoms with Crippen LogP contribution in [0.2, 0.25) is 0 Å². The van der Waals surface area contributed by atoms with Gasteiger partial charge in [-0.25, -0.2) is 14.8 Å². The van der Waals surface area contributed by atoms with Crippen LogP contribution in [0, 0.1) is 0 Å². The number of rotatable bonds is 4. The maximum absolute atomic E-state index is 12.5. The molecule has 1 N–H and O–H groups in total. The number of carbonyl (C=O) groups is 1. The molecule has 33 heavy (non-hydrogen) atoms. The number of hydrogen-bond acceptors (Lipinski definition) is 6. The first-order valence-electron chi connectivity index (χ1n) is 11.1. The van der Waals surface area contributed by atoms with Crippen LogP contribution >= 0.6 is 0 Å². The van der Waals surface area contributed by atoms with Gasteiger partial charge in [0.25, 0.3) is 0 Å². The molecule has 7 nitrogen and oxygen atoms in total. The topological polar surface area (TPSA) is 73.8 Å². The van der Waals surface area contributed by atoms with Crippen LogP contribution in [0.5, 0.6) is 0 Å². The van der Waals surface area contributed by atoms with Gasteiger partial charge in [-0.2, -0.15) is 0 Å². The number of cyclic esters (lactones) is 1. The molecule has 0 aliphatic carbocycles. The number of H-pyrrole nitrogens is 1. The molecule has 0 amide bonds. The standard InChI is InChI=1S/C26H23N5O2/c32-26-23(29-25(33-26)20-9-5-7-18-6-1-2-8-19(18)20)16-30-12-14-31(15-13-30)17-24-27-21-10-3-4-11-22(21)28-24/h1-11,16H,12-15,17H2,(H,27,28). The number of fused-ring (bicyclic) bond motifs is 2. The summed E-state index contributed by atoms with van der Waals surface area (Å²) in [7, 11) is 0. The van der Waals surface area contributed by atoms with E-state index in [4.69, 9.17) is 4.74 Å². The summed E-state index contributed by atoms with van der Waals surface area (Å²) < 4.78 is 5.53. The molecule has 4 aromatic rings. The molecule has 1 fully saturated rings. The van der Waals surface area contributed by atoms with E-state index in [0.717, 1.165) is 65.9 Å². The largest absolute Gasteiger partial charge is 0.402 e. The molecule has 2 aliphatic heterocycles. The molecule has 3 aromatic carbocycles. The van der Waals surface area contributed by atoms with Crippen LogP contribution in [0.3, 0.4) is 0 Å². The molecule has 1 aromatic heterocycles. The summed E-state index contributed by atoms with van der Waals surface area (Å²) in [6.45, 7) is 4.18. The zero-order valence-electron chi connectivity index (χ0n) is 18.1. The van der Waals surface area contributed by atoms with E-state index in [1.807, 2.05) is 72.9 Å². The number of para-hydroxylation sites is 2. The average Bonchev–Trinajstić information content (AvgIpc) is 3.42. The summed E-state index contributed by atoms with van der Waals surface area (Å²) in [5.41, 5.74) is 3.25. The van der Waals surface area contributed by atoms with Crippen LogP contribution in [0.15, 0.2) is 83.6 Å². The molecule has 0 bridgehead atoms. The lowest BCUT2D eigenvalue weighted by Gasteiger charge is -2.33. The van der Waals surface area contributed by atoms with Crippen LogP contribution in [0.25, 0.3) is 21.8 Å². The normalized spacial score (nSPS) is 18.3. The summed E-state index contributed by atoms with van der Waals surface area (Å²) in [5, 5.41) is 2.11. The van der Waals surface area contributed by atoms with Crippen LogP contribution in [-0.4, -0.2) is 57.8 Å². The molecule has 2 aliphatic rings. The first-order valence-corrected chi connectivity index (χ1v) is 11.1. The second-order valence-corrected chi connectivity index (χ2v) is 8.36. The van der Waals surface area contributed by atoms with Gasteiger partial charge in [0.05, 0.1) is 17.6 Å². The summed E-state index contributed by atoms with van der Waals surface area (Å²) >= 11 is 0. The van der Waals surface area contributed by atoms with Crippen LogP contribution in [-0.2, 0) is 16.1 Å². The van der Waals surface area contributed by atoms with Gasteiger partial charge in [-0.15, -0.1) is 0 Å². The van der Waals surface area contributed by atoms with Gasteiger partial charge in [0.15, 0.2) is 5.70 Å². The molecule has 164 valence electrons. The first kappa shape index (κ1) is 19.7. The quantitative estimate of drug-likeness (QED) is 0.390. The predicted molar refractivity (Wildman–Crippen MR) is 128 cm³/mol. The molecule has 0 spiro atoms. The fourth-order valence-corrected chi connectivity index (χ4v) is 4.44. The highest BCUT2D eigenvalue weighted by Crippen LogP contribution is 2.24. The van der Waals surface area contributed by atoms with Gasteiger partial charge < -0.3 is 14.6 Å². The minimum absolute atomic E-state index is 0.351. The monoisotopic (exact) mass is 437 g/mol. The fraction of sp³-hybridized carbons (Fsp3) is 0.192. The summed E-state index contributed by atoms with van der Waals surface area (Å²) in [5.74, 6) is 0.945. The van der Waals surface area contributed by atoms with Crippen molar-refractivity contribution in [2.24, 2.45) is 4.99 Å². The number of esters is 1. The van der Waals surface area contributed by atoms with Gasteiger partial charge in [0, 0.05) is 37.9 Å². The Kier molecular flexibility index (Phi) is 4.88. The predicted octanol–water partition coefficient (Wildman–Crippen LogP) is 3.68. The third-order valence-electron chi connectivity index (χ3n) is 6.16. The van der Waals surface area contributed by atoms with Gasteiger partial charge in [-0.1, -0.05) is 48.5 Å². The van der Waals surface area contributed by atoms with Crippen molar-refractivity contribution < 1.29 is 9.53 Å². The highest BCUT2D eigenvalue weighted by atomic mass is 16.6. The number of imidazole rings is 1. The van der Waals surface area contributed by atoms with Gasteiger partial charge >= 0.3 is 5.97 Å². The van der Waals surface area contributed by atoms with Crippen molar-refractivity contribution in [2.75, 3.05) is 26.2 Å². The second kappa shape index (κ2) is 8.18. The number of aromatic nitrogens is 2. The first-order chi connectivity index (χ1) is 16.2. The van der Waals surface area contributed by atoms with E-state index in [2.05, 4.69) is 24.8 Å². The molecule has 0 unspecified atom stereocenters. The fourth-order valence-electron chi connectivity index (χ4n) is 4.44. The summed E-state index contributed by atoms with van der Waals surface area (Å²) in [4.78, 5) is 29.6. The molecule has 7 heteroatoms. The van der Waals surface area contributed by atoms with E-state index in [1.54, 1.807) is 0 Å². The summed E-state index contributed by atoms with van der Waals surface area (Å²) in [6, 6.07) is 22.0. The van der Waals surface area contributed by atoms with Crippen molar-refractivity contribution >= 4 is 33.7 Å². The number of benzene rings is 3. The SMILES string of the molecule is O=C1OC(c2cccc3ccccc23)=NC1=CN1CCN(Cc2nc3ccccc3[nH]2)CC1. The Hall–Kier alpha value is -3.97. The Balaban J connectivity index is 1.14. The highest BCUT2D eigenvalue weighted by Gasteiger charge is 2.27. The van der Waals surface area contributed by atoms with Crippen molar-refractivity contribution in [2.45, 2.75) is 6.54 Å². The van der Waals surface area contributed by atoms with Crippen molar-refractivity contribution in [3.05, 3.63) is 90.0 Å². The molecule has 0 atom stereocenters. The lowest BCUT2D eigenvalue weighted by atomic mass is 10.0. The average molecular weight is 438 g/mol.